The molecule has 1 aromatic carbocycles. The summed E-state index contributed by atoms with van der Waals surface area (Å²) in [4.78, 5) is 35.5. The number of esters is 1. The number of nitrogens with one attached hydrogen (secondary N) is 2. The molecule has 1 saturated heterocycles. The fourth-order valence-electron chi connectivity index (χ4n) is 4.61. The molecule has 2 aromatic heterocycles. The van der Waals surface area contributed by atoms with Gasteiger partial charge in [-0.15, -0.1) is 17.9 Å². The molecule has 10 heteroatoms. The van der Waals surface area contributed by atoms with Crippen molar-refractivity contribution < 1.29 is 23.8 Å². The van der Waals surface area contributed by atoms with Gasteiger partial charge in [-0.3, -0.25) is 4.79 Å². The highest BCUT2D eigenvalue weighted by Gasteiger charge is 2.39. The summed E-state index contributed by atoms with van der Waals surface area (Å²) < 4.78 is 17.2. The normalized spacial score (nSPS) is 18.4. The number of hydrogen-bond acceptors (Lipinski definition) is 9. The van der Waals surface area contributed by atoms with Gasteiger partial charge in [0.2, 0.25) is 5.91 Å². The second-order valence-electron chi connectivity index (χ2n) is 10.4. The third-order valence-electron chi connectivity index (χ3n) is 6.99. The van der Waals surface area contributed by atoms with Gasteiger partial charge in [0.15, 0.2) is 0 Å². The molecule has 1 amide bonds. The molecule has 1 aliphatic rings. The van der Waals surface area contributed by atoms with Crippen LogP contribution in [-0.2, 0) is 14.3 Å². The van der Waals surface area contributed by atoms with Gasteiger partial charge in [-0.2, -0.15) is 0 Å². The van der Waals surface area contributed by atoms with Crippen molar-refractivity contribution in [1.82, 2.24) is 20.6 Å². The number of aromatic nitrogens is 2. The van der Waals surface area contributed by atoms with Gasteiger partial charge < -0.3 is 24.8 Å². The largest absolute Gasteiger partial charge is 0.497 e. The number of thiazole rings is 1. The first kappa shape index (κ1) is 29.5. The highest BCUT2D eigenvalue weighted by Crippen LogP contribution is 2.35. The number of fused-ring (bicyclic) bond motifs is 1. The number of hydrogen-bond donors (Lipinski definition) is 2. The Kier molecular flexibility index (Phi) is 9.42. The number of carbonyl (C=O) groups excluding carboxylic acids is 2. The molecule has 9 nitrogen and oxygen atoms in total. The van der Waals surface area contributed by atoms with Crippen molar-refractivity contribution in [3.05, 3.63) is 48.0 Å². The second kappa shape index (κ2) is 12.8. The molecule has 0 bridgehead atoms. The molecule has 3 aromatic rings. The Balaban J connectivity index is 1.54. The highest BCUT2D eigenvalue weighted by molar-refractivity contribution is 7.13. The molecule has 2 N–H and O–H groups in total. The average Bonchev–Trinajstić information content (AvgIpc) is 3.62. The molecule has 1 aliphatic heterocycles. The number of carbonyl (C=O) groups is 2. The van der Waals surface area contributed by atoms with Crippen LogP contribution in [0.4, 0.5) is 0 Å². The van der Waals surface area contributed by atoms with E-state index in [1.165, 1.54) is 0 Å². The molecule has 40 heavy (non-hydrogen) atoms. The van der Waals surface area contributed by atoms with Crippen LogP contribution in [0.1, 0.15) is 58.6 Å². The minimum absolute atomic E-state index is 0.240. The Bertz CT molecular complexity index is 1370. The third kappa shape index (κ3) is 6.62. The Morgan fingerprint density at radius 3 is 2.77 bits per heavy atom. The lowest BCUT2D eigenvalue weighted by Gasteiger charge is -2.29. The Morgan fingerprint density at radius 1 is 1.30 bits per heavy atom. The summed E-state index contributed by atoms with van der Waals surface area (Å²) in [5.41, 5.74) is 1.34. The molecule has 0 unspecified atom stereocenters. The number of ether oxygens (including phenoxy) is 3. The van der Waals surface area contributed by atoms with Crippen molar-refractivity contribution in [1.29, 1.82) is 0 Å². The van der Waals surface area contributed by atoms with Crippen molar-refractivity contribution in [3.8, 4) is 22.2 Å². The van der Waals surface area contributed by atoms with Crippen LogP contribution >= 0.6 is 11.3 Å². The summed E-state index contributed by atoms with van der Waals surface area (Å²) in [5, 5.41) is 9.88. The maximum absolute atomic E-state index is 13.2. The van der Waals surface area contributed by atoms with Gasteiger partial charge >= 0.3 is 5.97 Å². The first-order chi connectivity index (χ1) is 19.2. The summed E-state index contributed by atoms with van der Waals surface area (Å²) in [6.07, 6.45) is 2.87. The third-order valence-corrected chi connectivity index (χ3v) is 7.87. The van der Waals surface area contributed by atoms with E-state index >= 15 is 0 Å². The Labute approximate surface area is 239 Å². The van der Waals surface area contributed by atoms with E-state index in [0.717, 1.165) is 27.3 Å². The maximum Gasteiger partial charge on any atom is 0.331 e. The number of nitrogens with zero attached hydrogens (tertiary/aromatic N) is 2. The molecule has 0 radical (unpaired) electrons. The zero-order valence-corrected chi connectivity index (χ0v) is 24.6. The lowest BCUT2D eigenvalue weighted by Crippen LogP contribution is -2.56. The minimum Gasteiger partial charge on any atom is -0.497 e. The van der Waals surface area contributed by atoms with Crippen LogP contribution in [0, 0.1) is 0 Å². The quantitative estimate of drug-likeness (QED) is 0.233. The van der Waals surface area contributed by atoms with Crippen LogP contribution in [0.2, 0.25) is 0 Å². The zero-order chi connectivity index (χ0) is 28.9. The van der Waals surface area contributed by atoms with Crippen LogP contribution in [0.15, 0.2) is 42.3 Å². The maximum atomic E-state index is 13.2. The molecular weight excluding hydrogens is 528 g/mol. The summed E-state index contributed by atoms with van der Waals surface area (Å²) in [6.45, 7) is 12.1. The van der Waals surface area contributed by atoms with Gasteiger partial charge in [0, 0.05) is 35.9 Å². The minimum atomic E-state index is -1.14. The van der Waals surface area contributed by atoms with E-state index in [1.807, 2.05) is 24.3 Å². The summed E-state index contributed by atoms with van der Waals surface area (Å²) in [5.74, 6) is 0.964. The van der Waals surface area contributed by atoms with Gasteiger partial charge in [0.1, 0.15) is 33.8 Å². The molecule has 1 fully saturated rings. The SMILES string of the molecule is C=CCC[C@](C)(NC(=O)[C@@H]1C[C@@H](Oc2cc(-c3nc(C(C)C)cs3)nc3cc(OC)ccc23)CN1)C(=O)OCC. The van der Waals surface area contributed by atoms with E-state index in [2.05, 4.69) is 36.4 Å². The number of allylic oxidation sites excluding steroid dienone is 1. The fourth-order valence-corrected chi connectivity index (χ4v) is 5.55. The van der Waals surface area contributed by atoms with E-state index in [-0.39, 0.29) is 18.6 Å². The Hall–Kier alpha value is -3.50. The van der Waals surface area contributed by atoms with Gasteiger partial charge in [-0.05, 0) is 44.7 Å². The molecule has 4 rings (SSSR count). The summed E-state index contributed by atoms with van der Waals surface area (Å²) >= 11 is 1.55. The topological polar surface area (TPSA) is 112 Å². The first-order valence-electron chi connectivity index (χ1n) is 13.6. The van der Waals surface area contributed by atoms with Crippen LogP contribution in [0.25, 0.3) is 21.6 Å². The van der Waals surface area contributed by atoms with Crippen molar-refractivity contribution in [3.63, 3.8) is 0 Å². The lowest BCUT2D eigenvalue weighted by molar-refractivity contribution is -0.153. The number of methoxy groups -OCH3 is 1. The monoisotopic (exact) mass is 566 g/mol. The zero-order valence-electron chi connectivity index (χ0n) is 23.8. The number of amides is 1. The number of rotatable bonds is 12. The molecule has 3 atom stereocenters. The van der Waals surface area contributed by atoms with Crippen LogP contribution in [0.3, 0.4) is 0 Å². The van der Waals surface area contributed by atoms with E-state index in [9.17, 15) is 9.59 Å². The van der Waals surface area contributed by atoms with Gasteiger partial charge in [-0.1, -0.05) is 19.9 Å². The van der Waals surface area contributed by atoms with Crippen molar-refractivity contribution >= 4 is 34.1 Å². The fraction of sp³-hybridized carbons (Fsp3) is 0.467. The van der Waals surface area contributed by atoms with E-state index in [1.54, 1.807) is 38.4 Å². The molecule has 0 spiro atoms. The summed E-state index contributed by atoms with van der Waals surface area (Å²) in [7, 11) is 1.62. The molecular formula is C30H38N4O5S. The average molecular weight is 567 g/mol. The predicted molar refractivity (Wildman–Crippen MR) is 157 cm³/mol. The van der Waals surface area contributed by atoms with Crippen molar-refractivity contribution in [2.75, 3.05) is 20.3 Å². The molecule has 3 heterocycles. The highest BCUT2D eigenvalue weighted by atomic mass is 32.1. The van der Waals surface area contributed by atoms with Gasteiger partial charge in [0.05, 0.1) is 31.0 Å². The molecule has 0 aliphatic carbocycles. The number of pyridine rings is 1. The van der Waals surface area contributed by atoms with Crippen molar-refractivity contribution in [2.24, 2.45) is 0 Å². The second-order valence-corrected chi connectivity index (χ2v) is 11.3. The van der Waals surface area contributed by atoms with Gasteiger partial charge in [-0.25, -0.2) is 14.8 Å². The number of benzene rings is 1. The first-order valence-corrected chi connectivity index (χ1v) is 14.5. The van der Waals surface area contributed by atoms with E-state index < -0.39 is 17.6 Å². The predicted octanol–water partition coefficient (Wildman–Crippen LogP) is 5.00. The van der Waals surface area contributed by atoms with Crippen LogP contribution in [0.5, 0.6) is 11.5 Å². The van der Waals surface area contributed by atoms with Crippen LogP contribution < -0.4 is 20.1 Å². The van der Waals surface area contributed by atoms with E-state index in [4.69, 9.17) is 24.2 Å². The smallest absolute Gasteiger partial charge is 0.331 e. The lowest BCUT2D eigenvalue weighted by atomic mass is 9.95. The standard InChI is InChI=1S/C30H38N4O5S/c1-7-9-12-30(5,29(36)38-8-2)34-27(35)23-14-20(16-31-23)39-26-15-24(28-33-25(17-40-28)18(3)4)32-22-13-19(37-6)10-11-21(22)26/h7,10-11,13,15,17-18,20,23,31H,1,8-9,12,14,16H2,2-6H3,(H,34,35)/t20-,23+,30+/m1/s1. The Morgan fingerprint density at radius 2 is 2.10 bits per heavy atom. The summed E-state index contributed by atoms with van der Waals surface area (Å²) in [6, 6.07) is 7.09. The molecule has 214 valence electrons. The van der Waals surface area contributed by atoms with Crippen LogP contribution in [-0.4, -0.2) is 59.8 Å². The molecule has 0 saturated carbocycles. The van der Waals surface area contributed by atoms with Gasteiger partial charge in [0.25, 0.3) is 0 Å². The van der Waals surface area contributed by atoms with Crippen molar-refractivity contribution in [2.45, 2.75) is 70.6 Å². The van der Waals surface area contributed by atoms with E-state index in [0.29, 0.717) is 43.2 Å².